The Hall–Kier alpha value is -2.42. The maximum Gasteiger partial charge on any atom is 0.271 e. The maximum absolute atomic E-state index is 12.5. The molecule has 0 atom stereocenters. The van der Waals surface area contributed by atoms with Crippen LogP contribution in [-0.4, -0.2) is 31.2 Å². The lowest BCUT2D eigenvalue weighted by Gasteiger charge is -2.12. The number of benzene rings is 2. The first-order valence-electron chi connectivity index (χ1n) is 9.85. The largest absolute Gasteiger partial charge is 0.507 e. The zero-order valence-electron chi connectivity index (χ0n) is 16.2. The van der Waals surface area contributed by atoms with Gasteiger partial charge in [-0.2, -0.15) is 5.10 Å². The van der Waals surface area contributed by atoms with Crippen LogP contribution in [0.5, 0.6) is 5.75 Å². The molecule has 1 saturated carbocycles. The van der Waals surface area contributed by atoms with Crippen LogP contribution in [0.15, 0.2) is 46.4 Å². The van der Waals surface area contributed by atoms with Gasteiger partial charge in [0, 0.05) is 22.2 Å². The van der Waals surface area contributed by atoms with Crippen molar-refractivity contribution in [3.8, 4) is 5.75 Å². The molecule has 1 fully saturated rings. The first kappa shape index (κ1) is 20.8. The molecule has 2 aliphatic rings. The third-order valence-corrected chi connectivity index (χ3v) is 7.42. The van der Waals surface area contributed by atoms with E-state index in [2.05, 4.69) is 15.2 Å². The van der Waals surface area contributed by atoms with Crippen LogP contribution in [0.4, 0.5) is 0 Å². The zero-order chi connectivity index (χ0) is 21.3. The van der Waals surface area contributed by atoms with Crippen LogP contribution in [0.2, 0.25) is 5.02 Å². The lowest BCUT2D eigenvalue weighted by Crippen LogP contribution is -2.32. The molecular weight excluding hydrogens is 426 g/mol. The van der Waals surface area contributed by atoms with Crippen LogP contribution in [0.1, 0.15) is 53.6 Å². The van der Waals surface area contributed by atoms with E-state index in [1.165, 1.54) is 30.3 Å². The number of nitrogens with zero attached hydrogens (tertiary/aromatic N) is 1. The van der Waals surface area contributed by atoms with Gasteiger partial charge < -0.3 is 5.11 Å². The van der Waals surface area contributed by atoms with Crippen LogP contribution < -0.4 is 10.1 Å². The number of phenols is 1. The van der Waals surface area contributed by atoms with Crippen molar-refractivity contribution in [2.75, 3.05) is 0 Å². The van der Waals surface area contributed by atoms with E-state index in [4.69, 9.17) is 11.6 Å². The zero-order valence-corrected chi connectivity index (χ0v) is 17.8. The number of halogens is 1. The van der Waals surface area contributed by atoms with E-state index in [9.17, 15) is 18.3 Å². The Morgan fingerprint density at radius 3 is 2.47 bits per heavy atom. The van der Waals surface area contributed by atoms with Crippen molar-refractivity contribution in [1.29, 1.82) is 0 Å². The summed E-state index contributed by atoms with van der Waals surface area (Å²) in [6.07, 6.45) is 4.95. The number of hydrogen-bond donors (Lipinski definition) is 3. The van der Waals surface area contributed by atoms with Gasteiger partial charge in [0.05, 0.1) is 10.6 Å². The molecule has 0 heterocycles. The fraction of sp³-hybridized carbons (Fsp3) is 0.333. The van der Waals surface area contributed by atoms with Gasteiger partial charge in [-0.3, -0.25) is 4.79 Å². The van der Waals surface area contributed by atoms with Crippen molar-refractivity contribution in [1.82, 2.24) is 10.1 Å². The summed E-state index contributed by atoms with van der Waals surface area (Å²) in [5.41, 5.74) is 4.69. The highest BCUT2D eigenvalue weighted by atomic mass is 35.5. The Balaban J connectivity index is 1.45. The number of aromatic hydroxyl groups is 1. The quantitative estimate of drug-likeness (QED) is 0.611. The molecule has 0 aromatic heterocycles. The highest BCUT2D eigenvalue weighted by molar-refractivity contribution is 7.89. The van der Waals surface area contributed by atoms with Crippen molar-refractivity contribution in [2.45, 2.75) is 49.5 Å². The van der Waals surface area contributed by atoms with Gasteiger partial charge in [-0.05, 0) is 67.6 Å². The minimum absolute atomic E-state index is 0.0204. The highest BCUT2D eigenvalue weighted by Crippen LogP contribution is 2.35. The lowest BCUT2D eigenvalue weighted by molar-refractivity contribution is 0.0954. The molecule has 0 saturated heterocycles. The topological polar surface area (TPSA) is 108 Å². The molecule has 0 bridgehead atoms. The van der Waals surface area contributed by atoms with Gasteiger partial charge in [0.1, 0.15) is 5.75 Å². The Morgan fingerprint density at radius 2 is 1.77 bits per heavy atom. The van der Waals surface area contributed by atoms with Gasteiger partial charge >= 0.3 is 0 Å². The summed E-state index contributed by atoms with van der Waals surface area (Å²) in [7, 11) is -3.60. The van der Waals surface area contributed by atoms with Gasteiger partial charge in [0.2, 0.25) is 10.0 Å². The molecule has 2 aliphatic carbocycles. The molecule has 4 rings (SSSR count). The van der Waals surface area contributed by atoms with Crippen LogP contribution in [0.25, 0.3) is 0 Å². The first-order valence-corrected chi connectivity index (χ1v) is 11.7. The normalized spacial score (nSPS) is 18.0. The summed E-state index contributed by atoms with van der Waals surface area (Å²) < 4.78 is 27.7. The number of carbonyl (C=O) groups excluding carboxylic acids is 1. The van der Waals surface area contributed by atoms with E-state index in [-0.39, 0.29) is 22.3 Å². The summed E-state index contributed by atoms with van der Waals surface area (Å²) in [6.45, 7) is 0. The number of sulfonamides is 1. The molecule has 0 unspecified atom stereocenters. The Kier molecular flexibility index (Phi) is 5.81. The second kappa shape index (κ2) is 8.37. The van der Waals surface area contributed by atoms with Gasteiger partial charge in [0.25, 0.3) is 5.91 Å². The molecule has 2 aromatic carbocycles. The molecule has 9 heteroatoms. The smallest absolute Gasteiger partial charge is 0.271 e. The molecular formula is C21H22ClN3O4S. The van der Waals surface area contributed by atoms with Crippen molar-refractivity contribution >= 4 is 33.2 Å². The lowest BCUT2D eigenvalue weighted by atomic mass is 10.1. The Labute approximate surface area is 180 Å². The SMILES string of the molecule is O=C(N/N=C1\CCc2c(Cl)ccc(O)c21)c1ccc(S(=O)(=O)NC2CCCC2)cc1. The van der Waals surface area contributed by atoms with E-state index in [0.717, 1.165) is 31.2 Å². The second-order valence-corrected chi connectivity index (χ2v) is 9.67. The number of nitrogens with one attached hydrogen (secondary N) is 2. The predicted octanol–water partition coefficient (Wildman–Crippen LogP) is 3.35. The van der Waals surface area contributed by atoms with E-state index < -0.39 is 15.9 Å². The molecule has 7 nitrogen and oxygen atoms in total. The average molecular weight is 448 g/mol. The number of hydrogen-bond acceptors (Lipinski definition) is 5. The molecule has 0 aliphatic heterocycles. The monoisotopic (exact) mass is 447 g/mol. The minimum atomic E-state index is -3.60. The number of amides is 1. The van der Waals surface area contributed by atoms with E-state index in [1.54, 1.807) is 6.07 Å². The summed E-state index contributed by atoms with van der Waals surface area (Å²) in [4.78, 5) is 12.6. The third-order valence-electron chi connectivity index (χ3n) is 5.53. The van der Waals surface area contributed by atoms with Crippen molar-refractivity contribution in [2.24, 2.45) is 5.10 Å². The van der Waals surface area contributed by atoms with Crippen molar-refractivity contribution in [3.63, 3.8) is 0 Å². The highest BCUT2D eigenvalue weighted by Gasteiger charge is 2.25. The Bertz CT molecular complexity index is 1110. The van der Waals surface area contributed by atoms with Gasteiger partial charge in [-0.15, -0.1) is 0 Å². The third kappa shape index (κ3) is 4.21. The predicted molar refractivity (Wildman–Crippen MR) is 114 cm³/mol. The molecule has 3 N–H and O–H groups in total. The summed E-state index contributed by atoms with van der Waals surface area (Å²) in [5.74, 6) is -0.394. The summed E-state index contributed by atoms with van der Waals surface area (Å²) in [6, 6.07) is 8.85. The maximum atomic E-state index is 12.5. The van der Waals surface area contributed by atoms with E-state index in [0.29, 0.717) is 29.1 Å². The van der Waals surface area contributed by atoms with Crippen LogP contribution in [-0.2, 0) is 16.4 Å². The van der Waals surface area contributed by atoms with Gasteiger partial charge in [0.15, 0.2) is 0 Å². The number of hydrazone groups is 1. The van der Waals surface area contributed by atoms with Gasteiger partial charge in [-0.25, -0.2) is 18.6 Å². The van der Waals surface area contributed by atoms with Crippen molar-refractivity contribution < 1.29 is 18.3 Å². The molecule has 30 heavy (non-hydrogen) atoms. The molecule has 1 amide bonds. The molecule has 0 spiro atoms. The summed E-state index contributed by atoms with van der Waals surface area (Å²) >= 11 is 6.16. The second-order valence-electron chi connectivity index (χ2n) is 7.55. The van der Waals surface area contributed by atoms with E-state index in [1.807, 2.05) is 0 Å². The van der Waals surface area contributed by atoms with Gasteiger partial charge in [-0.1, -0.05) is 24.4 Å². The minimum Gasteiger partial charge on any atom is -0.507 e. The molecule has 2 aromatic rings. The van der Waals surface area contributed by atoms with Crippen LogP contribution >= 0.6 is 11.6 Å². The number of rotatable bonds is 5. The van der Waals surface area contributed by atoms with E-state index >= 15 is 0 Å². The number of carbonyl (C=O) groups is 1. The number of phenolic OH excluding ortho intramolecular Hbond substituents is 1. The standard InChI is InChI=1S/C21H22ClN3O4S/c22-17-10-12-19(26)20-16(17)9-11-18(20)23-24-21(27)13-5-7-15(8-6-13)30(28,29)25-14-3-1-2-4-14/h5-8,10,12,14,25-26H,1-4,9,11H2,(H,24,27)/b23-18+. The fourth-order valence-corrected chi connectivity index (χ4v) is 5.51. The Morgan fingerprint density at radius 1 is 1.07 bits per heavy atom. The van der Waals surface area contributed by atoms with Crippen LogP contribution in [0.3, 0.4) is 0 Å². The average Bonchev–Trinajstić information content (AvgIpc) is 3.39. The fourth-order valence-electron chi connectivity index (χ4n) is 3.96. The van der Waals surface area contributed by atoms with Crippen LogP contribution in [0, 0.1) is 0 Å². The summed E-state index contributed by atoms with van der Waals surface area (Å²) in [5, 5.41) is 14.8. The molecule has 158 valence electrons. The van der Waals surface area contributed by atoms with Crippen molar-refractivity contribution in [3.05, 3.63) is 58.1 Å². The number of fused-ring (bicyclic) bond motifs is 1. The molecule has 0 radical (unpaired) electrons. The first-order chi connectivity index (χ1) is 14.3.